The van der Waals surface area contributed by atoms with Crippen molar-refractivity contribution in [1.29, 1.82) is 0 Å². The van der Waals surface area contributed by atoms with E-state index >= 15 is 0 Å². The lowest BCUT2D eigenvalue weighted by Gasteiger charge is -2.07. The van der Waals surface area contributed by atoms with Crippen LogP contribution in [0.5, 0.6) is 0 Å². The molecular formula is C15H13Br2NO. The van der Waals surface area contributed by atoms with Crippen LogP contribution in [-0.2, 0) is 11.2 Å². The minimum Gasteiger partial charge on any atom is -0.326 e. The molecule has 2 rings (SSSR count). The molecule has 0 aromatic heterocycles. The molecular weight excluding hydrogens is 370 g/mol. The van der Waals surface area contributed by atoms with Crippen molar-refractivity contribution < 1.29 is 4.79 Å². The predicted octanol–water partition coefficient (Wildman–Crippen LogP) is 4.70. The first-order valence-corrected chi connectivity index (χ1v) is 7.43. The van der Waals surface area contributed by atoms with Gasteiger partial charge in [-0.05, 0) is 48.4 Å². The van der Waals surface area contributed by atoms with E-state index in [1.807, 2.05) is 49.4 Å². The Kier molecular flexibility index (Phi) is 4.77. The molecule has 0 bridgehead atoms. The first-order chi connectivity index (χ1) is 9.04. The Morgan fingerprint density at radius 1 is 1.16 bits per heavy atom. The van der Waals surface area contributed by atoms with Crippen molar-refractivity contribution in [2.45, 2.75) is 13.3 Å². The van der Waals surface area contributed by atoms with Gasteiger partial charge in [0.1, 0.15) is 0 Å². The summed E-state index contributed by atoms with van der Waals surface area (Å²) in [5.74, 6) is -0.0141. The molecule has 0 saturated heterocycles. The normalized spacial score (nSPS) is 10.3. The van der Waals surface area contributed by atoms with Crippen LogP contribution in [0.4, 0.5) is 5.69 Å². The molecule has 0 heterocycles. The van der Waals surface area contributed by atoms with E-state index in [0.717, 1.165) is 25.8 Å². The second-order valence-corrected chi connectivity index (χ2v) is 6.09. The molecule has 98 valence electrons. The molecule has 0 atom stereocenters. The number of carbonyl (C=O) groups excluding carboxylic acids is 1. The number of anilines is 1. The fraction of sp³-hybridized carbons (Fsp3) is 0.133. The molecule has 0 saturated carbocycles. The highest BCUT2D eigenvalue weighted by Gasteiger charge is 2.05. The van der Waals surface area contributed by atoms with Crippen LogP contribution in [0.15, 0.2) is 51.4 Å². The van der Waals surface area contributed by atoms with Crippen molar-refractivity contribution >= 4 is 43.5 Å². The van der Waals surface area contributed by atoms with Crippen LogP contribution in [0.2, 0.25) is 0 Å². The lowest BCUT2D eigenvalue weighted by atomic mass is 10.1. The summed E-state index contributed by atoms with van der Waals surface area (Å²) in [5.41, 5.74) is 2.90. The van der Waals surface area contributed by atoms with E-state index in [0.29, 0.717) is 6.42 Å². The van der Waals surface area contributed by atoms with Crippen molar-refractivity contribution in [3.63, 3.8) is 0 Å². The molecule has 1 amide bonds. The van der Waals surface area contributed by atoms with Crippen LogP contribution < -0.4 is 5.32 Å². The number of aryl methyl sites for hydroxylation is 1. The van der Waals surface area contributed by atoms with E-state index in [-0.39, 0.29) is 5.91 Å². The third-order valence-corrected chi connectivity index (χ3v) is 4.08. The molecule has 4 heteroatoms. The van der Waals surface area contributed by atoms with Gasteiger partial charge in [-0.1, -0.05) is 44.0 Å². The van der Waals surface area contributed by atoms with Crippen LogP contribution in [0, 0.1) is 6.92 Å². The molecule has 1 N–H and O–H groups in total. The van der Waals surface area contributed by atoms with Gasteiger partial charge in [-0.15, -0.1) is 0 Å². The maximum absolute atomic E-state index is 12.0. The smallest absolute Gasteiger partial charge is 0.228 e. The van der Waals surface area contributed by atoms with Crippen LogP contribution in [0.3, 0.4) is 0 Å². The summed E-state index contributed by atoms with van der Waals surface area (Å²) >= 11 is 6.84. The van der Waals surface area contributed by atoms with Crippen LogP contribution in [-0.4, -0.2) is 5.91 Å². The second kappa shape index (κ2) is 6.35. The summed E-state index contributed by atoms with van der Waals surface area (Å²) in [6, 6.07) is 13.5. The van der Waals surface area contributed by atoms with E-state index in [2.05, 4.69) is 37.2 Å². The predicted molar refractivity (Wildman–Crippen MR) is 85.4 cm³/mol. The lowest BCUT2D eigenvalue weighted by Crippen LogP contribution is -2.14. The van der Waals surface area contributed by atoms with E-state index < -0.39 is 0 Å². The quantitative estimate of drug-likeness (QED) is 0.818. The molecule has 2 aromatic rings. The number of carbonyl (C=O) groups is 1. The van der Waals surface area contributed by atoms with Crippen molar-refractivity contribution in [3.8, 4) is 0 Å². The van der Waals surface area contributed by atoms with Gasteiger partial charge in [0.2, 0.25) is 5.91 Å². The summed E-state index contributed by atoms with van der Waals surface area (Å²) in [6.07, 6.45) is 0.370. The largest absolute Gasteiger partial charge is 0.326 e. The summed E-state index contributed by atoms with van der Waals surface area (Å²) < 4.78 is 2.02. The summed E-state index contributed by atoms with van der Waals surface area (Å²) in [6.45, 7) is 1.99. The van der Waals surface area contributed by atoms with Gasteiger partial charge in [0.25, 0.3) is 0 Å². The Balaban J connectivity index is 2.03. The number of hydrogen-bond donors (Lipinski definition) is 1. The van der Waals surface area contributed by atoms with Gasteiger partial charge in [-0.25, -0.2) is 0 Å². The number of hydrogen-bond acceptors (Lipinski definition) is 1. The number of benzene rings is 2. The number of rotatable bonds is 3. The van der Waals surface area contributed by atoms with E-state index in [4.69, 9.17) is 0 Å². The summed E-state index contributed by atoms with van der Waals surface area (Å²) in [7, 11) is 0. The molecule has 2 nitrogen and oxygen atoms in total. The Bertz CT molecular complexity index is 611. The number of halogens is 2. The van der Waals surface area contributed by atoms with E-state index in [1.165, 1.54) is 0 Å². The highest BCUT2D eigenvalue weighted by Crippen LogP contribution is 2.20. The Morgan fingerprint density at radius 3 is 2.63 bits per heavy atom. The van der Waals surface area contributed by atoms with Crippen LogP contribution in [0.1, 0.15) is 11.1 Å². The Morgan fingerprint density at radius 2 is 1.95 bits per heavy atom. The minimum atomic E-state index is -0.0141. The fourth-order valence-electron chi connectivity index (χ4n) is 1.76. The zero-order chi connectivity index (χ0) is 13.8. The minimum absolute atomic E-state index is 0.0141. The SMILES string of the molecule is Cc1cc(NC(=O)Cc2cccc(Br)c2)ccc1Br. The third kappa shape index (κ3) is 4.18. The van der Waals surface area contributed by atoms with Gasteiger partial charge < -0.3 is 5.32 Å². The molecule has 0 aliphatic rings. The van der Waals surface area contributed by atoms with Crippen molar-refractivity contribution in [2.24, 2.45) is 0 Å². The van der Waals surface area contributed by atoms with Gasteiger partial charge in [-0.3, -0.25) is 4.79 Å². The standard InChI is InChI=1S/C15H13Br2NO/c1-10-7-13(5-6-14(10)17)18-15(19)9-11-3-2-4-12(16)8-11/h2-8H,9H2,1H3,(H,18,19). The van der Waals surface area contributed by atoms with Gasteiger partial charge in [-0.2, -0.15) is 0 Å². The van der Waals surface area contributed by atoms with Gasteiger partial charge in [0.15, 0.2) is 0 Å². The average Bonchev–Trinajstić information content (AvgIpc) is 2.34. The average molecular weight is 383 g/mol. The van der Waals surface area contributed by atoms with Crippen molar-refractivity contribution in [1.82, 2.24) is 0 Å². The van der Waals surface area contributed by atoms with Crippen LogP contribution >= 0.6 is 31.9 Å². The monoisotopic (exact) mass is 381 g/mol. The van der Waals surface area contributed by atoms with Gasteiger partial charge in [0, 0.05) is 14.6 Å². The molecule has 0 radical (unpaired) electrons. The topological polar surface area (TPSA) is 29.1 Å². The highest BCUT2D eigenvalue weighted by atomic mass is 79.9. The van der Waals surface area contributed by atoms with Gasteiger partial charge in [0.05, 0.1) is 6.42 Å². The van der Waals surface area contributed by atoms with E-state index in [9.17, 15) is 4.79 Å². The molecule has 0 spiro atoms. The van der Waals surface area contributed by atoms with E-state index in [1.54, 1.807) is 0 Å². The third-order valence-electron chi connectivity index (χ3n) is 2.70. The molecule has 0 unspecified atom stereocenters. The first-order valence-electron chi connectivity index (χ1n) is 5.85. The summed E-state index contributed by atoms with van der Waals surface area (Å²) in [5, 5.41) is 2.90. The fourth-order valence-corrected chi connectivity index (χ4v) is 2.45. The second-order valence-electron chi connectivity index (χ2n) is 4.32. The zero-order valence-corrected chi connectivity index (χ0v) is 13.6. The maximum atomic E-state index is 12.0. The number of nitrogens with one attached hydrogen (secondary N) is 1. The van der Waals surface area contributed by atoms with Gasteiger partial charge >= 0.3 is 0 Å². The molecule has 0 fully saturated rings. The Labute approximate surface area is 129 Å². The highest BCUT2D eigenvalue weighted by molar-refractivity contribution is 9.10. The molecule has 0 aliphatic heterocycles. The molecule has 0 aliphatic carbocycles. The Hall–Kier alpha value is -1.13. The zero-order valence-electron chi connectivity index (χ0n) is 10.4. The molecule has 2 aromatic carbocycles. The van der Waals surface area contributed by atoms with Crippen molar-refractivity contribution in [2.75, 3.05) is 5.32 Å². The van der Waals surface area contributed by atoms with Crippen molar-refractivity contribution in [3.05, 3.63) is 62.5 Å². The number of amides is 1. The maximum Gasteiger partial charge on any atom is 0.228 e. The summed E-state index contributed by atoms with van der Waals surface area (Å²) in [4.78, 5) is 12.0. The first kappa shape index (κ1) is 14.3. The lowest BCUT2D eigenvalue weighted by molar-refractivity contribution is -0.115. The molecule has 19 heavy (non-hydrogen) atoms. The van der Waals surface area contributed by atoms with Crippen LogP contribution in [0.25, 0.3) is 0 Å².